The summed E-state index contributed by atoms with van der Waals surface area (Å²) in [5.41, 5.74) is 2.95. The summed E-state index contributed by atoms with van der Waals surface area (Å²) in [5.74, 6) is -1.17. The maximum Gasteiger partial charge on any atom is 0.418 e. The number of nitrogens with zero attached hydrogens (tertiary/aromatic N) is 2. The van der Waals surface area contributed by atoms with Crippen LogP contribution in [-0.4, -0.2) is 27.2 Å². The number of pyridine rings is 1. The lowest BCUT2D eigenvalue weighted by atomic mass is 9.98. The second-order valence-corrected chi connectivity index (χ2v) is 13.0. The molecule has 51 heavy (non-hydrogen) atoms. The number of carbonyl (C=O) groups excluding carboxylic acids is 2. The Morgan fingerprint density at radius 2 is 1.33 bits per heavy atom. The SMILES string of the molecule is CCc1c(-c2cc3c(ccn3C(=O)OC(C)(C)C)cc2F)nc(OCc2ccccc2)c(C(=O)OCc2ccccc2)c1OCc1ccccc1. The monoisotopic (exact) mass is 686 g/mol. The normalized spacial score (nSPS) is 11.3. The van der Waals surface area contributed by atoms with Crippen molar-refractivity contribution in [1.82, 2.24) is 9.55 Å². The van der Waals surface area contributed by atoms with Gasteiger partial charge in [-0.3, -0.25) is 4.57 Å². The summed E-state index contributed by atoms with van der Waals surface area (Å²) in [6, 6.07) is 32.8. The molecule has 0 bridgehead atoms. The Balaban J connectivity index is 1.52. The predicted octanol–water partition coefficient (Wildman–Crippen LogP) is 9.70. The van der Waals surface area contributed by atoms with Gasteiger partial charge in [-0.15, -0.1) is 0 Å². The number of aromatic nitrogens is 2. The van der Waals surface area contributed by atoms with Gasteiger partial charge in [-0.05, 0) is 62.1 Å². The molecule has 260 valence electrons. The molecule has 6 rings (SSSR count). The van der Waals surface area contributed by atoms with E-state index in [1.54, 1.807) is 39.1 Å². The highest BCUT2D eigenvalue weighted by Crippen LogP contribution is 2.41. The highest BCUT2D eigenvalue weighted by atomic mass is 19.1. The Morgan fingerprint density at radius 3 is 1.90 bits per heavy atom. The van der Waals surface area contributed by atoms with Crippen molar-refractivity contribution < 1.29 is 32.9 Å². The summed E-state index contributed by atoms with van der Waals surface area (Å²) in [5, 5.41) is 0.502. The van der Waals surface area contributed by atoms with Gasteiger partial charge in [0.15, 0.2) is 5.56 Å². The van der Waals surface area contributed by atoms with E-state index in [1.165, 1.54) is 10.6 Å². The van der Waals surface area contributed by atoms with Gasteiger partial charge in [0.1, 0.15) is 37.0 Å². The first-order valence-electron chi connectivity index (χ1n) is 16.8. The number of fused-ring (bicyclic) bond motifs is 1. The highest BCUT2D eigenvalue weighted by Gasteiger charge is 2.30. The number of hydrogen-bond acceptors (Lipinski definition) is 7. The fraction of sp³-hybridized carbons (Fsp3) is 0.214. The van der Waals surface area contributed by atoms with E-state index in [1.807, 2.05) is 97.9 Å². The Morgan fingerprint density at radius 1 is 0.765 bits per heavy atom. The van der Waals surface area contributed by atoms with E-state index >= 15 is 4.39 Å². The van der Waals surface area contributed by atoms with Gasteiger partial charge < -0.3 is 18.9 Å². The largest absolute Gasteiger partial charge is 0.487 e. The number of benzene rings is 4. The van der Waals surface area contributed by atoms with Crippen LogP contribution in [0.5, 0.6) is 11.6 Å². The third-order valence-electron chi connectivity index (χ3n) is 8.05. The topological polar surface area (TPSA) is 88.9 Å². The summed E-state index contributed by atoms with van der Waals surface area (Å²) in [6.45, 7) is 7.39. The molecule has 0 fully saturated rings. The molecule has 8 nitrogen and oxygen atoms in total. The van der Waals surface area contributed by atoms with Crippen molar-refractivity contribution >= 4 is 23.0 Å². The van der Waals surface area contributed by atoms with Crippen molar-refractivity contribution in [3.63, 3.8) is 0 Å². The molecule has 6 aromatic rings. The molecule has 0 N–H and O–H groups in total. The molecule has 0 aliphatic carbocycles. The number of rotatable bonds is 11. The lowest BCUT2D eigenvalue weighted by Crippen LogP contribution is -2.26. The predicted molar refractivity (Wildman–Crippen MR) is 193 cm³/mol. The van der Waals surface area contributed by atoms with Gasteiger partial charge in [-0.25, -0.2) is 19.0 Å². The first kappa shape index (κ1) is 34.9. The number of esters is 1. The molecule has 0 radical (unpaired) electrons. The molecule has 2 heterocycles. The maximum absolute atomic E-state index is 16.2. The van der Waals surface area contributed by atoms with E-state index in [0.717, 1.165) is 16.7 Å². The number of carbonyl (C=O) groups is 2. The van der Waals surface area contributed by atoms with Crippen LogP contribution in [0.25, 0.3) is 22.2 Å². The Labute approximate surface area is 296 Å². The molecular formula is C42H39FN2O6. The molecular weight excluding hydrogens is 647 g/mol. The van der Waals surface area contributed by atoms with Crippen LogP contribution in [0.2, 0.25) is 0 Å². The molecule has 0 amide bonds. The van der Waals surface area contributed by atoms with Gasteiger partial charge in [-0.1, -0.05) is 97.9 Å². The zero-order valence-corrected chi connectivity index (χ0v) is 29.0. The number of ether oxygens (including phenoxy) is 4. The minimum Gasteiger partial charge on any atom is -0.487 e. The van der Waals surface area contributed by atoms with E-state index in [4.69, 9.17) is 23.9 Å². The van der Waals surface area contributed by atoms with E-state index < -0.39 is 23.5 Å². The number of hydrogen-bond donors (Lipinski definition) is 0. The van der Waals surface area contributed by atoms with Crippen LogP contribution in [0.1, 0.15) is 60.3 Å². The Hall–Kier alpha value is -5.96. The minimum atomic E-state index is -0.742. The summed E-state index contributed by atoms with van der Waals surface area (Å²) < 4.78 is 41.7. The van der Waals surface area contributed by atoms with Gasteiger partial charge in [-0.2, -0.15) is 0 Å². The molecule has 4 aromatic carbocycles. The van der Waals surface area contributed by atoms with Gasteiger partial charge in [0.2, 0.25) is 5.88 Å². The molecule has 2 aromatic heterocycles. The maximum atomic E-state index is 16.2. The van der Waals surface area contributed by atoms with Crippen molar-refractivity contribution in [3.8, 4) is 22.9 Å². The van der Waals surface area contributed by atoms with Gasteiger partial charge in [0.05, 0.1) is 11.2 Å². The number of halogens is 1. The van der Waals surface area contributed by atoms with Gasteiger partial charge in [0, 0.05) is 22.7 Å². The van der Waals surface area contributed by atoms with Crippen LogP contribution in [0.4, 0.5) is 9.18 Å². The average molecular weight is 687 g/mol. The average Bonchev–Trinajstić information content (AvgIpc) is 3.54. The minimum absolute atomic E-state index is 0.00277. The van der Waals surface area contributed by atoms with Crippen LogP contribution >= 0.6 is 0 Å². The molecule has 9 heteroatoms. The molecule has 0 saturated heterocycles. The highest BCUT2D eigenvalue weighted by molar-refractivity contribution is 5.97. The van der Waals surface area contributed by atoms with E-state index in [-0.39, 0.29) is 48.3 Å². The smallest absolute Gasteiger partial charge is 0.418 e. The molecule has 0 aliphatic rings. The molecule has 0 unspecified atom stereocenters. The summed E-state index contributed by atoms with van der Waals surface area (Å²) in [6.07, 6.45) is 1.26. The lowest BCUT2D eigenvalue weighted by Gasteiger charge is -2.21. The quantitative estimate of drug-likeness (QED) is 0.125. The summed E-state index contributed by atoms with van der Waals surface area (Å²) >= 11 is 0. The standard InChI is InChI=1S/C42H39FN2O6/c1-5-32-37(33-24-35-31(23-34(33)43)21-22-45(35)41(47)51-42(2,3)4)44-39(49-26-29-17-11-7-12-18-29)36(38(32)48-25-28-15-9-6-10-16-28)40(46)50-27-30-19-13-8-14-20-30/h6-24H,5,25-27H2,1-4H3. The third kappa shape index (κ3) is 8.27. The van der Waals surface area contributed by atoms with E-state index in [0.29, 0.717) is 22.9 Å². The first-order chi connectivity index (χ1) is 24.6. The van der Waals surface area contributed by atoms with Crippen molar-refractivity contribution in [2.24, 2.45) is 0 Å². The van der Waals surface area contributed by atoms with E-state index in [2.05, 4.69) is 0 Å². The first-order valence-corrected chi connectivity index (χ1v) is 16.8. The zero-order valence-electron chi connectivity index (χ0n) is 29.0. The van der Waals surface area contributed by atoms with Crippen molar-refractivity contribution in [2.45, 2.75) is 59.5 Å². The fourth-order valence-electron chi connectivity index (χ4n) is 5.63. The second kappa shape index (κ2) is 15.3. The van der Waals surface area contributed by atoms with Crippen LogP contribution < -0.4 is 9.47 Å². The molecule has 0 atom stereocenters. The molecule has 0 spiro atoms. The van der Waals surface area contributed by atoms with Crippen LogP contribution in [-0.2, 0) is 35.7 Å². The van der Waals surface area contributed by atoms with Crippen molar-refractivity contribution in [2.75, 3.05) is 0 Å². The third-order valence-corrected chi connectivity index (χ3v) is 8.05. The summed E-state index contributed by atoms with van der Waals surface area (Å²) in [7, 11) is 0. The van der Waals surface area contributed by atoms with Gasteiger partial charge >= 0.3 is 12.1 Å². The van der Waals surface area contributed by atoms with Crippen molar-refractivity contribution in [1.29, 1.82) is 0 Å². The molecule has 0 aliphatic heterocycles. The van der Waals surface area contributed by atoms with E-state index in [9.17, 15) is 9.59 Å². The Bertz CT molecular complexity index is 2140. The van der Waals surface area contributed by atoms with Crippen LogP contribution in [0, 0.1) is 5.82 Å². The second-order valence-electron chi connectivity index (χ2n) is 13.0. The van der Waals surface area contributed by atoms with Gasteiger partial charge in [0.25, 0.3) is 0 Å². The zero-order chi connectivity index (χ0) is 36.0. The lowest BCUT2D eigenvalue weighted by molar-refractivity contribution is 0.0459. The molecule has 0 saturated carbocycles. The summed E-state index contributed by atoms with van der Waals surface area (Å²) in [4.78, 5) is 32.1. The Kier molecular flexibility index (Phi) is 10.5. The fourth-order valence-corrected chi connectivity index (χ4v) is 5.63. The van der Waals surface area contributed by atoms with Crippen LogP contribution in [0.15, 0.2) is 115 Å². The van der Waals surface area contributed by atoms with Crippen molar-refractivity contribution in [3.05, 3.63) is 149 Å². The van der Waals surface area contributed by atoms with Crippen LogP contribution in [0.3, 0.4) is 0 Å².